The molecule has 0 spiro atoms. The molecule has 0 amide bonds. The molecule has 1 aromatic rings. The standard InChI is InChI=1S/C23H38N2/c1-3-4-5-6-7-8-9-10-11-15-18-23-24(2)19-20-25(23)21-22-16-13-12-14-17-22/h12-14,16-17,19-20,23H,3-11,15,18,21H2,1-2H3. The third kappa shape index (κ3) is 7.54. The van der Waals surface area contributed by atoms with Crippen molar-refractivity contribution in [1.29, 1.82) is 0 Å². The first-order valence-electron chi connectivity index (χ1n) is 10.5. The predicted molar refractivity (Wildman–Crippen MR) is 109 cm³/mol. The summed E-state index contributed by atoms with van der Waals surface area (Å²) in [6.45, 7) is 3.31. The number of benzene rings is 1. The van der Waals surface area contributed by atoms with Crippen molar-refractivity contribution in [2.24, 2.45) is 0 Å². The highest BCUT2D eigenvalue weighted by Crippen LogP contribution is 2.22. The molecule has 0 N–H and O–H groups in total. The van der Waals surface area contributed by atoms with Gasteiger partial charge >= 0.3 is 0 Å². The van der Waals surface area contributed by atoms with Crippen LogP contribution in [0.15, 0.2) is 42.7 Å². The van der Waals surface area contributed by atoms with E-state index < -0.39 is 0 Å². The SMILES string of the molecule is CCCCCCCCCCCCC1N(C)C=CN1Cc1ccccc1. The van der Waals surface area contributed by atoms with Gasteiger partial charge in [0.05, 0.1) is 0 Å². The van der Waals surface area contributed by atoms with Crippen LogP contribution >= 0.6 is 0 Å². The van der Waals surface area contributed by atoms with Crippen molar-refractivity contribution in [2.45, 2.75) is 90.3 Å². The molecule has 1 atom stereocenters. The fraction of sp³-hybridized carbons (Fsp3) is 0.652. The maximum Gasteiger partial charge on any atom is 0.101 e. The second-order valence-corrected chi connectivity index (χ2v) is 7.57. The van der Waals surface area contributed by atoms with Gasteiger partial charge in [-0.15, -0.1) is 0 Å². The zero-order valence-electron chi connectivity index (χ0n) is 16.5. The van der Waals surface area contributed by atoms with Crippen LogP contribution in [0.1, 0.15) is 83.1 Å². The van der Waals surface area contributed by atoms with Gasteiger partial charge in [0.15, 0.2) is 0 Å². The molecule has 2 heteroatoms. The number of hydrogen-bond acceptors (Lipinski definition) is 2. The lowest BCUT2D eigenvalue weighted by molar-refractivity contribution is 0.155. The molecule has 0 saturated carbocycles. The van der Waals surface area contributed by atoms with E-state index in [1.807, 2.05) is 0 Å². The van der Waals surface area contributed by atoms with Gasteiger partial charge in [0.2, 0.25) is 0 Å². The van der Waals surface area contributed by atoms with Gasteiger partial charge in [-0.05, 0) is 18.4 Å². The van der Waals surface area contributed by atoms with E-state index in [2.05, 4.69) is 66.5 Å². The molecule has 0 fully saturated rings. The minimum atomic E-state index is 0.536. The highest BCUT2D eigenvalue weighted by molar-refractivity contribution is 5.15. The molecule has 2 nitrogen and oxygen atoms in total. The Bertz CT molecular complexity index is 468. The lowest BCUT2D eigenvalue weighted by atomic mass is 10.0. The molecule has 140 valence electrons. The van der Waals surface area contributed by atoms with E-state index >= 15 is 0 Å². The quantitative estimate of drug-likeness (QED) is 0.375. The van der Waals surface area contributed by atoms with Gasteiger partial charge in [0.1, 0.15) is 6.17 Å². The van der Waals surface area contributed by atoms with E-state index in [9.17, 15) is 0 Å². The molecule has 0 radical (unpaired) electrons. The molecule has 0 aliphatic carbocycles. The van der Waals surface area contributed by atoms with Gasteiger partial charge < -0.3 is 9.80 Å². The number of unbranched alkanes of at least 4 members (excludes halogenated alkanes) is 9. The van der Waals surface area contributed by atoms with Crippen LogP contribution in [-0.2, 0) is 6.54 Å². The first-order valence-corrected chi connectivity index (χ1v) is 10.5. The summed E-state index contributed by atoms with van der Waals surface area (Å²) in [7, 11) is 2.21. The Morgan fingerprint density at radius 2 is 1.36 bits per heavy atom. The molecule has 0 saturated heterocycles. The van der Waals surface area contributed by atoms with Gasteiger partial charge in [-0.25, -0.2) is 0 Å². The lowest BCUT2D eigenvalue weighted by Crippen LogP contribution is -2.36. The molecule has 1 heterocycles. The average Bonchev–Trinajstić information content (AvgIpc) is 2.97. The van der Waals surface area contributed by atoms with E-state index in [0.717, 1.165) is 6.54 Å². The number of rotatable bonds is 13. The van der Waals surface area contributed by atoms with Crippen molar-refractivity contribution in [1.82, 2.24) is 9.80 Å². The number of nitrogens with zero attached hydrogens (tertiary/aromatic N) is 2. The smallest absolute Gasteiger partial charge is 0.101 e. The molecule has 0 aromatic heterocycles. The first kappa shape index (κ1) is 19.9. The molecule has 1 aromatic carbocycles. The van der Waals surface area contributed by atoms with Crippen LogP contribution in [0.5, 0.6) is 0 Å². The van der Waals surface area contributed by atoms with Crippen molar-refractivity contribution >= 4 is 0 Å². The molecule has 1 unspecified atom stereocenters. The zero-order valence-corrected chi connectivity index (χ0v) is 16.5. The minimum Gasteiger partial charge on any atom is -0.359 e. The summed E-state index contributed by atoms with van der Waals surface area (Å²) in [5, 5.41) is 0. The van der Waals surface area contributed by atoms with Crippen molar-refractivity contribution in [3.05, 3.63) is 48.3 Å². The summed E-state index contributed by atoms with van der Waals surface area (Å²) in [5.41, 5.74) is 1.40. The fourth-order valence-corrected chi connectivity index (χ4v) is 3.76. The van der Waals surface area contributed by atoms with E-state index in [4.69, 9.17) is 0 Å². The van der Waals surface area contributed by atoms with Crippen molar-refractivity contribution < 1.29 is 0 Å². The molecule has 0 bridgehead atoms. The van der Waals surface area contributed by atoms with Gasteiger partial charge in [-0.1, -0.05) is 95.0 Å². The van der Waals surface area contributed by atoms with E-state index in [1.54, 1.807) is 0 Å². The lowest BCUT2D eigenvalue weighted by Gasteiger charge is -2.30. The van der Waals surface area contributed by atoms with Crippen molar-refractivity contribution in [3.63, 3.8) is 0 Å². The number of hydrogen-bond donors (Lipinski definition) is 0. The van der Waals surface area contributed by atoms with E-state index in [1.165, 1.54) is 76.2 Å². The summed E-state index contributed by atoms with van der Waals surface area (Å²) in [5.74, 6) is 0. The topological polar surface area (TPSA) is 6.48 Å². The molecular formula is C23H38N2. The van der Waals surface area contributed by atoms with Crippen LogP contribution in [0.2, 0.25) is 0 Å². The largest absolute Gasteiger partial charge is 0.359 e. The van der Waals surface area contributed by atoms with Crippen LogP contribution in [0.4, 0.5) is 0 Å². The van der Waals surface area contributed by atoms with Crippen molar-refractivity contribution in [3.8, 4) is 0 Å². The highest BCUT2D eigenvalue weighted by Gasteiger charge is 2.22. The molecular weight excluding hydrogens is 304 g/mol. The summed E-state index contributed by atoms with van der Waals surface area (Å²) >= 11 is 0. The zero-order chi connectivity index (χ0) is 17.7. The Balaban J connectivity index is 1.56. The van der Waals surface area contributed by atoms with Gasteiger partial charge in [-0.3, -0.25) is 0 Å². The second kappa shape index (κ2) is 12.0. The summed E-state index contributed by atoms with van der Waals surface area (Å²) in [6, 6.07) is 10.8. The first-order chi connectivity index (χ1) is 12.3. The normalized spacial score (nSPS) is 16.8. The van der Waals surface area contributed by atoms with E-state index in [-0.39, 0.29) is 0 Å². The summed E-state index contributed by atoms with van der Waals surface area (Å²) in [6.07, 6.45) is 20.4. The van der Waals surface area contributed by atoms with Crippen LogP contribution in [0, 0.1) is 0 Å². The molecule has 2 rings (SSSR count). The van der Waals surface area contributed by atoms with Crippen LogP contribution in [-0.4, -0.2) is 23.0 Å². The highest BCUT2D eigenvalue weighted by atomic mass is 15.4. The average molecular weight is 343 g/mol. The maximum absolute atomic E-state index is 2.49. The molecule has 1 aliphatic rings. The van der Waals surface area contributed by atoms with Crippen LogP contribution in [0.25, 0.3) is 0 Å². The molecule has 25 heavy (non-hydrogen) atoms. The Morgan fingerprint density at radius 3 is 2.00 bits per heavy atom. The predicted octanol–water partition coefficient (Wildman–Crippen LogP) is 6.54. The Labute approximate surface area is 155 Å². The summed E-state index contributed by atoms with van der Waals surface area (Å²) in [4.78, 5) is 4.86. The maximum atomic E-state index is 2.49. The van der Waals surface area contributed by atoms with Crippen LogP contribution in [0.3, 0.4) is 0 Å². The minimum absolute atomic E-state index is 0.536. The van der Waals surface area contributed by atoms with E-state index in [0.29, 0.717) is 6.17 Å². The Hall–Kier alpha value is -1.44. The molecule has 1 aliphatic heterocycles. The second-order valence-electron chi connectivity index (χ2n) is 7.57. The fourth-order valence-electron chi connectivity index (χ4n) is 3.76. The van der Waals surface area contributed by atoms with Crippen LogP contribution < -0.4 is 0 Å². The van der Waals surface area contributed by atoms with Gasteiger partial charge in [-0.2, -0.15) is 0 Å². The third-order valence-electron chi connectivity index (χ3n) is 5.37. The van der Waals surface area contributed by atoms with Crippen molar-refractivity contribution in [2.75, 3.05) is 7.05 Å². The summed E-state index contributed by atoms with van der Waals surface area (Å²) < 4.78 is 0. The third-order valence-corrected chi connectivity index (χ3v) is 5.37. The Morgan fingerprint density at radius 1 is 0.760 bits per heavy atom. The Kier molecular flexibility index (Phi) is 9.54. The van der Waals surface area contributed by atoms with Gasteiger partial charge in [0.25, 0.3) is 0 Å². The monoisotopic (exact) mass is 342 g/mol. The van der Waals surface area contributed by atoms with Gasteiger partial charge in [0, 0.05) is 26.0 Å².